The molecule has 0 saturated heterocycles. The van der Waals surface area contributed by atoms with Gasteiger partial charge in [0, 0.05) is 19.7 Å². The van der Waals surface area contributed by atoms with Crippen LogP contribution in [0.25, 0.3) is 6.08 Å². The van der Waals surface area contributed by atoms with E-state index >= 15 is 0 Å². The summed E-state index contributed by atoms with van der Waals surface area (Å²) < 4.78 is 0. The maximum atomic E-state index is 12.1. The van der Waals surface area contributed by atoms with Crippen LogP contribution in [0.2, 0.25) is 0 Å². The Hall–Kier alpha value is -2.35. The molecule has 2 rings (SSSR count). The highest BCUT2D eigenvalue weighted by atomic mass is 16.2. The maximum Gasteiger partial charge on any atom is 0.246 e. The van der Waals surface area contributed by atoms with Gasteiger partial charge in [-0.1, -0.05) is 59.7 Å². The van der Waals surface area contributed by atoms with Crippen molar-refractivity contribution in [2.24, 2.45) is 0 Å². The van der Waals surface area contributed by atoms with Crippen molar-refractivity contribution in [3.05, 3.63) is 76.9 Å². The van der Waals surface area contributed by atoms with Gasteiger partial charge in [-0.2, -0.15) is 0 Å². The lowest BCUT2D eigenvalue weighted by molar-refractivity contribution is -0.125. The molecule has 0 aliphatic rings. The van der Waals surface area contributed by atoms with Gasteiger partial charge in [0.25, 0.3) is 0 Å². The minimum atomic E-state index is 0.0103. The van der Waals surface area contributed by atoms with Crippen molar-refractivity contribution in [3.63, 3.8) is 0 Å². The highest BCUT2D eigenvalue weighted by Crippen LogP contribution is 2.08. The number of carbonyl (C=O) groups is 1. The van der Waals surface area contributed by atoms with Crippen LogP contribution in [0.4, 0.5) is 0 Å². The fraction of sp³-hybridized carbons (Fsp3) is 0.211. The van der Waals surface area contributed by atoms with Gasteiger partial charge in [-0.3, -0.25) is 4.79 Å². The first-order chi connectivity index (χ1) is 10.0. The molecule has 0 N–H and O–H groups in total. The normalized spacial score (nSPS) is 10.8. The molecule has 0 aromatic heterocycles. The number of likely N-dealkylation sites (N-methyl/N-ethyl adjacent to an activating group) is 1. The van der Waals surface area contributed by atoms with Gasteiger partial charge in [0.05, 0.1) is 0 Å². The van der Waals surface area contributed by atoms with E-state index in [-0.39, 0.29) is 5.91 Å². The SMILES string of the molecule is Cc1ccc(/C=C/C(=O)N(C)Cc2ccc(C)cc2)cc1. The molecule has 2 aromatic carbocycles. The second kappa shape index (κ2) is 6.89. The molecule has 0 fully saturated rings. The molecule has 0 unspecified atom stereocenters. The molecule has 2 nitrogen and oxygen atoms in total. The van der Waals surface area contributed by atoms with Crippen molar-refractivity contribution in [1.82, 2.24) is 4.90 Å². The zero-order valence-corrected chi connectivity index (χ0v) is 12.8. The Morgan fingerprint density at radius 1 is 0.952 bits per heavy atom. The Labute approximate surface area is 126 Å². The largest absolute Gasteiger partial charge is 0.338 e. The van der Waals surface area contributed by atoms with E-state index in [0.717, 1.165) is 11.1 Å². The van der Waals surface area contributed by atoms with Crippen LogP contribution in [0.15, 0.2) is 54.6 Å². The molecule has 0 bridgehead atoms. The summed E-state index contributed by atoms with van der Waals surface area (Å²) in [5.41, 5.74) is 4.62. The quantitative estimate of drug-likeness (QED) is 0.775. The second-order valence-corrected chi connectivity index (χ2v) is 5.42. The molecule has 2 heteroatoms. The van der Waals surface area contributed by atoms with Crippen LogP contribution in [0, 0.1) is 13.8 Å². The van der Waals surface area contributed by atoms with Crippen LogP contribution in [0.5, 0.6) is 0 Å². The number of rotatable bonds is 4. The number of aryl methyl sites for hydroxylation is 2. The van der Waals surface area contributed by atoms with Crippen LogP contribution in [0.1, 0.15) is 22.3 Å². The number of benzene rings is 2. The van der Waals surface area contributed by atoms with E-state index in [9.17, 15) is 4.79 Å². The molecule has 21 heavy (non-hydrogen) atoms. The Morgan fingerprint density at radius 3 is 2.05 bits per heavy atom. The summed E-state index contributed by atoms with van der Waals surface area (Å²) in [7, 11) is 1.82. The maximum absolute atomic E-state index is 12.1. The zero-order valence-electron chi connectivity index (χ0n) is 12.8. The smallest absolute Gasteiger partial charge is 0.246 e. The lowest BCUT2D eigenvalue weighted by Crippen LogP contribution is -2.24. The van der Waals surface area contributed by atoms with E-state index in [1.54, 1.807) is 11.0 Å². The Balaban J connectivity index is 1.96. The van der Waals surface area contributed by atoms with E-state index < -0.39 is 0 Å². The monoisotopic (exact) mass is 279 g/mol. The van der Waals surface area contributed by atoms with Crippen LogP contribution in [-0.4, -0.2) is 17.9 Å². The van der Waals surface area contributed by atoms with Gasteiger partial charge < -0.3 is 4.90 Å². The number of hydrogen-bond acceptors (Lipinski definition) is 1. The van der Waals surface area contributed by atoms with E-state index in [0.29, 0.717) is 6.54 Å². The van der Waals surface area contributed by atoms with Crippen molar-refractivity contribution in [2.75, 3.05) is 7.05 Å². The van der Waals surface area contributed by atoms with Gasteiger partial charge in [-0.25, -0.2) is 0 Å². The summed E-state index contributed by atoms with van der Waals surface area (Å²) in [5, 5.41) is 0. The second-order valence-electron chi connectivity index (χ2n) is 5.42. The molecule has 0 heterocycles. The molecule has 2 aromatic rings. The molecule has 0 saturated carbocycles. The third kappa shape index (κ3) is 4.60. The highest BCUT2D eigenvalue weighted by Gasteiger charge is 2.05. The van der Waals surface area contributed by atoms with E-state index in [1.807, 2.05) is 44.3 Å². The van der Waals surface area contributed by atoms with Crippen molar-refractivity contribution < 1.29 is 4.79 Å². The Morgan fingerprint density at radius 2 is 1.48 bits per heavy atom. The highest BCUT2D eigenvalue weighted by molar-refractivity contribution is 5.91. The van der Waals surface area contributed by atoms with Crippen molar-refractivity contribution >= 4 is 12.0 Å². The molecule has 108 valence electrons. The average molecular weight is 279 g/mol. The molecular weight excluding hydrogens is 258 g/mol. The average Bonchev–Trinajstić information content (AvgIpc) is 2.48. The van der Waals surface area contributed by atoms with Crippen LogP contribution < -0.4 is 0 Å². The molecule has 0 radical (unpaired) electrons. The minimum Gasteiger partial charge on any atom is -0.338 e. The van der Waals surface area contributed by atoms with Crippen LogP contribution in [-0.2, 0) is 11.3 Å². The minimum absolute atomic E-state index is 0.0103. The first kappa shape index (κ1) is 15.0. The van der Waals surface area contributed by atoms with Crippen molar-refractivity contribution in [3.8, 4) is 0 Å². The van der Waals surface area contributed by atoms with Crippen LogP contribution >= 0.6 is 0 Å². The predicted octanol–water partition coefficient (Wildman–Crippen LogP) is 3.98. The summed E-state index contributed by atoms with van der Waals surface area (Å²) in [6.45, 7) is 4.73. The number of amides is 1. The van der Waals surface area contributed by atoms with Gasteiger partial charge >= 0.3 is 0 Å². The van der Waals surface area contributed by atoms with Gasteiger partial charge in [-0.15, -0.1) is 0 Å². The molecule has 1 amide bonds. The molecular formula is C19H21NO. The standard InChI is InChI=1S/C19H21NO/c1-15-4-8-17(9-5-15)12-13-19(21)20(3)14-18-10-6-16(2)7-11-18/h4-13H,14H2,1-3H3/b13-12+. The molecule has 0 aliphatic heterocycles. The number of nitrogens with zero attached hydrogens (tertiary/aromatic N) is 1. The van der Waals surface area contributed by atoms with E-state index in [1.165, 1.54) is 11.1 Å². The fourth-order valence-electron chi connectivity index (χ4n) is 2.02. The Kier molecular flexibility index (Phi) is 4.94. The fourth-order valence-corrected chi connectivity index (χ4v) is 2.02. The molecule has 0 spiro atoms. The zero-order chi connectivity index (χ0) is 15.2. The van der Waals surface area contributed by atoms with Gasteiger partial charge in [0.2, 0.25) is 5.91 Å². The van der Waals surface area contributed by atoms with Gasteiger partial charge in [0.15, 0.2) is 0 Å². The third-order valence-corrected chi connectivity index (χ3v) is 3.41. The molecule has 0 atom stereocenters. The van der Waals surface area contributed by atoms with E-state index in [2.05, 4.69) is 31.2 Å². The lowest BCUT2D eigenvalue weighted by atomic mass is 10.1. The first-order valence-corrected chi connectivity index (χ1v) is 7.10. The molecule has 0 aliphatic carbocycles. The van der Waals surface area contributed by atoms with Crippen LogP contribution in [0.3, 0.4) is 0 Å². The van der Waals surface area contributed by atoms with E-state index in [4.69, 9.17) is 0 Å². The Bertz CT molecular complexity index is 624. The first-order valence-electron chi connectivity index (χ1n) is 7.10. The topological polar surface area (TPSA) is 20.3 Å². The summed E-state index contributed by atoms with van der Waals surface area (Å²) in [6, 6.07) is 16.4. The van der Waals surface area contributed by atoms with Gasteiger partial charge in [-0.05, 0) is 31.1 Å². The van der Waals surface area contributed by atoms with Gasteiger partial charge in [0.1, 0.15) is 0 Å². The third-order valence-electron chi connectivity index (χ3n) is 3.41. The number of hydrogen-bond donors (Lipinski definition) is 0. The van der Waals surface area contributed by atoms with Crippen molar-refractivity contribution in [1.29, 1.82) is 0 Å². The summed E-state index contributed by atoms with van der Waals surface area (Å²) in [6.07, 6.45) is 3.48. The summed E-state index contributed by atoms with van der Waals surface area (Å²) in [4.78, 5) is 13.8. The number of carbonyl (C=O) groups excluding carboxylic acids is 1. The van der Waals surface area contributed by atoms with Crippen molar-refractivity contribution in [2.45, 2.75) is 20.4 Å². The lowest BCUT2D eigenvalue weighted by Gasteiger charge is -2.15. The summed E-state index contributed by atoms with van der Waals surface area (Å²) in [5.74, 6) is 0.0103. The summed E-state index contributed by atoms with van der Waals surface area (Å²) >= 11 is 0. The predicted molar refractivity (Wildman–Crippen MR) is 87.9 cm³/mol.